The first-order valence-electron chi connectivity index (χ1n) is 6.57. The Hall–Kier alpha value is -1.42. The van der Waals surface area contributed by atoms with Gasteiger partial charge in [-0.1, -0.05) is 35.3 Å². The molecular weight excluding hydrogens is 309 g/mol. The van der Waals surface area contributed by atoms with Crippen molar-refractivity contribution in [2.24, 2.45) is 5.73 Å². The summed E-state index contributed by atoms with van der Waals surface area (Å²) in [6, 6.07) is 11.2. The van der Waals surface area contributed by atoms with Gasteiger partial charge < -0.3 is 15.2 Å². The van der Waals surface area contributed by atoms with Crippen LogP contribution in [0.3, 0.4) is 0 Å². The molecule has 0 aliphatic rings. The molecule has 0 aromatic heterocycles. The Balaban J connectivity index is 2.10. The van der Waals surface area contributed by atoms with Crippen molar-refractivity contribution in [2.75, 3.05) is 13.7 Å². The standard InChI is InChI=1S/C16H17Cl2NO2/c1-20-16-9-11(6-7-19)3-5-15(16)21-10-12-2-4-13(17)14(18)8-12/h2-5,8-9H,6-7,10,19H2,1H3. The SMILES string of the molecule is COc1cc(CCN)ccc1OCc1ccc(Cl)c(Cl)c1. The van der Waals surface area contributed by atoms with Gasteiger partial charge in [0, 0.05) is 0 Å². The topological polar surface area (TPSA) is 44.5 Å². The largest absolute Gasteiger partial charge is 0.493 e. The second-order valence-corrected chi connectivity index (χ2v) is 5.38. The van der Waals surface area contributed by atoms with E-state index in [0.29, 0.717) is 34.7 Å². The number of benzene rings is 2. The molecule has 2 N–H and O–H groups in total. The van der Waals surface area contributed by atoms with E-state index in [1.165, 1.54) is 0 Å². The van der Waals surface area contributed by atoms with Gasteiger partial charge in [0.2, 0.25) is 0 Å². The molecule has 5 heteroatoms. The normalized spacial score (nSPS) is 10.5. The van der Waals surface area contributed by atoms with Crippen molar-refractivity contribution in [1.82, 2.24) is 0 Å². The fourth-order valence-electron chi connectivity index (χ4n) is 1.94. The van der Waals surface area contributed by atoms with Crippen LogP contribution in [0.1, 0.15) is 11.1 Å². The minimum atomic E-state index is 0.392. The summed E-state index contributed by atoms with van der Waals surface area (Å²) in [4.78, 5) is 0. The quantitative estimate of drug-likeness (QED) is 0.870. The summed E-state index contributed by atoms with van der Waals surface area (Å²) in [6.07, 6.45) is 0.809. The fraction of sp³-hybridized carbons (Fsp3) is 0.250. The predicted octanol–water partition coefficient (Wildman–Crippen LogP) is 4.08. The first-order chi connectivity index (χ1) is 10.1. The van der Waals surface area contributed by atoms with Crippen molar-refractivity contribution >= 4 is 23.2 Å². The van der Waals surface area contributed by atoms with E-state index in [2.05, 4.69) is 0 Å². The Bertz CT molecular complexity index is 617. The lowest BCUT2D eigenvalue weighted by Gasteiger charge is -2.12. The molecule has 21 heavy (non-hydrogen) atoms. The lowest BCUT2D eigenvalue weighted by atomic mass is 10.1. The van der Waals surface area contributed by atoms with Crippen molar-refractivity contribution in [2.45, 2.75) is 13.0 Å². The molecule has 0 aliphatic heterocycles. The molecule has 3 nitrogen and oxygen atoms in total. The van der Waals surface area contributed by atoms with E-state index in [1.54, 1.807) is 19.2 Å². The molecule has 0 fully saturated rings. The molecular formula is C16H17Cl2NO2. The summed E-state index contributed by atoms with van der Waals surface area (Å²) in [5, 5.41) is 1.05. The molecule has 112 valence electrons. The number of methoxy groups -OCH3 is 1. The Morgan fingerprint density at radius 1 is 0.952 bits per heavy atom. The number of halogens is 2. The summed E-state index contributed by atoms with van der Waals surface area (Å²) in [6.45, 7) is 0.996. The molecule has 0 spiro atoms. The molecule has 0 saturated heterocycles. The minimum absolute atomic E-state index is 0.392. The third-order valence-corrected chi connectivity index (χ3v) is 3.78. The molecule has 0 aliphatic carbocycles. The zero-order valence-corrected chi connectivity index (χ0v) is 13.2. The predicted molar refractivity (Wildman–Crippen MR) is 86.5 cm³/mol. The molecule has 0 bridgehead atoms. The highest BCUT2D eigenvalue weighted by atomic mass is 35.5. The average Bonchev–Trinajstić information content (AvgIpc) is 2.49. The molecule has 0 atom stereocenters. The third-order valence-electron chi connectivity index (χ3n) is 3.04. The minimum Gasteiger partial charge on any atom is -0.493 e. The van der Waals surface area contributed by atoms with Crippen LogP contribution in [0.25, 0.3) is 0 Å². The molecule has 0 saturated carbocycles. The molecule has 2 rings (SSSR count). The summed E-state index contributed by atoms with van der Waals surface area (Å²) in [7, 11) is 1.62. The lowest BCUT2D eigenvalue weighted by molar-refractivity contribution is 0.284. The van der Waals surface area contributed by atoms with Crippen LogP contribution < -0.4 is 15.2 Å². The zero-order chi connectivity index (χ0) is 15.2. The van der Waals surface area contributed by atoms with Crippen LogP contribution in [0.5, 0.6) is 11.5 Å². The van der Waals surface area contributed by atoms with Crippen molar-refractivity contribution in [3.63, 3.8) is 0 Å². The Morgan fingerprint density at radius 3 is 2.38 bits per heavy atom. The summed E-state index contributed by atoms with van der Waals surface area (Å²) >= 11 is 11.9. The van der Waals surface area contributed by atoms with Gasteiger partial charge in [0.15, 0.2) is 11.5 Å². The lowest BCUT2D eigenvalue weighted by Crippen LogP contribution is -2.03. The van der Waals surface area contributed by atoms with Gasteiger partial charge in [-0.25, -0.2) is 0 Å². The van der Waals surface area contributed by atoms with E-state index in [1.807, 2.05) is 24.3 Å². The third kappa shape index (κ3) is 4.27. The van der Waals surface area contributed by atoms with Crippen LogP contribution in [0.2, 0.25) is 10.0 Å². The van der Waals surface area contributed by atoms with Crippen molar-refractivity contribution < 1.29 is 9.47 Å². The van der Waals surface area contributed by atoms with Crippen molar-refractivity contribution in [3.8, 4) is 11.5 Å². The van der Waals surface area contributed by atoms with Gasteiger partial charge in [0.1, 0.15) is 6.61 Å². The Morgan fingerprint density at radius 2 is 1.71 bits per heavy atom. The van der Waals surface area contributed by atoms with Crippen LogP contribution in [-0.2, 0) is 13.0 Å². The average molecular weight is 326 g/mol. The van der Waals surface area contributed by atoms with E-state index < -0.39 is 0 Å². The van der Waals surface area contributed by atoms with Gasteiger partial charge in [-0.3, -0.25) is 0 Å². The first-order valence-corrected chi connectivity index (χ1v) is 7.33. The van der Waals surface area contributed by atoms with E-state index in [4.69, 9.17) is 38.4 Å². The van der Waals surface area contributed by atoms with E-state index in [-0.39, 0.29) is 0 Å². The maximum Gasteiger partial charge on any atom is 0.161 e. The molecule has 2 aromatic rings. The molecule has 2 aromatic carbocycles. The second kappa shape index (κ2) is 7.55. The van der Waals surface area contributed by atoms with Crippen molar-refractivity contribution in [1.29, 1.82) is 0 Å². The number of nitrogens with two attached hydrogens (primary N) is 1. The van der Waals surface area contributed by atoms with Crippen LogP contribution in [-0.4, -0.2) is 13.7 Å². The van der Waals surface area contributed by atoms with E-state index in [9.17, 15) is 0 Å². The van der Waals surface area contributed by atoms with Crippen LogP contribution in [0, 0.1) is 0 Å². The van der Waals surface area contributed by atoms with Crippen LogP contribution >= 0.6 is 23.2 Å². The van der Waals surface area contributed by atoms with Crippen LogP contribution in [0.15, 0.2) is 36.4 Å². The van der Waals surface area contributed by atoms with Gasteiger partial charge in [0.25, 0.3) is 0 Å². The molecule has 0 unspecified atom stereocenters. The summed E-state index contributed by atoms with van der Waals surface area (Å²) in [5.74, 6) is 1.38. The fourth-order valence-corrected chi connectivity index (χ4v) is 2.26. The van der Waals surface area contributed by atoms with Crippen molar-refractivity contribution in [3.05, 3.63) is 57.6 Å². The Labute approximate surface area is 134 Å². The van der Waals surface area contributed by atoms with Crippen LogP contribution in [0.4, 0.5) is 0 Å². The maximum atomic E-state index is 5.99. The van der Waals surface area contributed by atoms with Gasteiger partial charge in [-0.15, -0.1) is 0 Å². The highest BCUT2D eigenvalue weighted by molar-refractivity contribution is 6.42. The second-order valence-electron chi connectivity index (χ2n) is 4.56. The summed E-state index contributed by atoms with van der Waals surface area (Å²) in [5.41, 5.74) is 7.62. The van der Waals surface area contributed by atoms with Gasteiger partial charge in [-0.2, -0.15) is 0 Å². The number of rotatable bonds is 6. The van der Waals surface area contributed by atoms with Gasteiger partial charge in [0.05, 0.1) is 17.2 Å². The highest BCUT2D eigenvalue weighted by Crippen LogP contribution is 2.29. The highest BCUT2D eigenvalue weighted by Gasteiger charge is 2.07. The monoisotopic (exact) mass is 325 g/mol. The number of hydrogen-bond donors (Lipinski definition) is 1. The maximum absolute atomic E-state index is 5.99. The Kier molecular flexibility index (Phi) is 5.74. The van der Waals surface area contributed by atoms with Gasteiger partial charge >= 0.3 is 0 Å². The number of ether oxygens (including phenoxy) is 2. The van der Waals surface area contributed by atoms with E-state index >= 15 is 0 Å². The molecule has 0 radical (unpaired) electrons. The first kappa shape index (κ1) is 16.0. The molecule has 0 amide bonds. The molecule has 0 heterocycles. The smallest absolute Gasteiger partial charge is 0.161 e. The van der Waals surface area contributed by atoms with E-state index in [0.717, 1.165) is 17.5 Å². The van der Waals surface area contributed by atoms with Gasteiger partial charge in [-0.05, 0) is 48.4 Å². The summed E-state index contributed by atoms with van der Waals surface area (Å²) < 4.78 is 11.1. The zero-order valence-electron chi connectivity index (χ0n) is 11.7. The number of hydrogen-bond acceptors (Lipinski definition) is 3.